The fourth-order valence-electron chi connectivity index (χ4n) is 1.19. The first-order chi connectivity index (χ1) is 6.93. The van der Waals surface area contributed by atoms with Crippen molar-refractivity contribution in [2.24, 2.45) is 0 Å². The van der Waals surface area contributed by atoms with Crippen LogP contribution in [-0.4, -0.2) is 12.4 Å². The highest BCUT2D eigenvalue weighted by Gasteiger charge is 1.91. The van der Waals surface area contributed by atoms with Crippen LogP contribution >= 0.6 is 11.8 Å². The summed E-state index contributed by atoms with van der Waals surface area (Å²) in [6.07, 6.45) is 2.56. The molecule has 0 unspecified atom stereocenters. The molecule has 0 aliphatic carbocycles. The SMILES string of the molecule is CCCCNCSCc1ccccc1. The maximum atomic E-state index is 3.42. The molecule has 0 aromatic heterocycles. The number of rotatable bonds is 7. The van der Waals surface area contributed by atoms with E-state index in [1.807, 2.05) is 11.8 Å². The fourth-order valence-corrected chi connectivity index (χ4v) is 2.01. The lowest BCUT2D eigenvalue weighted by atomic mass is 10.2. The molecule has 0 fully saturated rings. The Kier molecular flexibility index (Phi) is 6.54. The largest absolute Gasteiger partial charge is 0.308 e. The van der Waals surface area contributed by atoms with Crippen LogP contribution in [0.2, 0.25) is 0 Å². The van der Waals surface area contributed by atoms with Gasteiger partial charge in [0.2, 0.25) is 0 Å². The number of nitrogens with one attached hydrogen (secondary N) is 1. The molecule has 78 valence electrons. The molecule has 0 saturated heterocycles. The van der Waals surface area contributed by atoms with Gasteiger partial charge in [-0.1, -0.05) is 43.7 Å². The Hall–Kier alpha value is -0.470. The van der Waals surface area contributed by atoms with Crippen LogP contribution in [-0.2, 0) is 5.75 Å². The van der Waals surface area contributed by atoms with Gasteiger partial charge in [0.25, 0.3) is 0 Å². The van der Waals surface area contributed by atoms with Crippen molar-refractivity contribution in [1.82, 2.24) is 5.32 Å². The molecule has 2 heteroatoms. The number of hydrogen-bond donors (Lipinski definition) is 1. The summed E-state index contributed by atoms with van der Waals surface area (Å²) in [5.74, 6) is 2.18. The lowest BCUT2D eigenvalue weighted by Crippen LogP contribution is -2.13. The van der Waals surface area contributed by atoms with Gasteiger partial charge in [0.05, 0.1) is 0 Å². The van der Waals surface area contributed by atoms with Gasteiger partial charge in [-0.2, -0.15) is 0 Å². The molecule has 1 aromatic carbocycles. The molecule has 0 atom stereocenters. The monoisotopic (exact) mass is 209 g/mol. The average molecular weight is 209 g/mol. The van der Waals surface area contributed by atoms with E-state index >= 15 is 0 Å². The third-order valence-corrected chi connectivity index (χ3v) is 2.97. The van der Waals surface area contributed by atoms with Crippen LogP contribution in [0.3, 0.4) is 0 Å². The molecule has 1 aromatic rings. The predicted molar refractivity (Wildman–Crippen MR) is 65.5 cm³/mol. The Bertz CT molecular complexity index is 223. The maximum absolute atomic E-state index is 3.42. The van der Waals surface area contributed by atoms with Crippen LogP contribution < -0.4 is 5.32 Å². The minimum absolute atomic E-state index is 1.06. The van der Waals surface area contributed by atoms with Gasteiger partial charge in [0.1, 0.15) is 0 Å². The van der Waals surface area contributed by atoms with E-state index in [1.54, 1.807) is 0 Å². The lowest BCUT2D eigenvalue weighted by molar-refractivity contribution is 0.700. The first-order valence-electron chi connectivity index (χ1n) is 5.26. The van der Waals surface area contributed by atoms with E-state index in [4.69, 9.17) is 0 Å². The molecule has 0 radical (unpaired) electrons. The van der Waals surface area contributed by atoms with Gasteiger partial charge in [0, 0.05) is 11.6 Å². The van der Waals surface area contributed by atoms with Crippen molar-refractivity contribution in [3.63, 3.8) is 0 Å². The van der Waals surface area contributed by atoms with E-state index in [9.17, 15) is 0 Å². The second-order valence-electron chi connectivity index (χ2n) is 3.33. The summed E-state index contributed by atoms with van der Waals surface area (Å²) in [4.78, 5) is 0. The number of unbranched alkanes of at least 4 members (excludes halogenated alkanes) is 1. The van der Waals surface area contributed by atoms with Crippen molar-refractivity contribution in [2.45, 2.75) is 25.5 Å². The summed E-state index contributed by atoms with van der Waals surface area (Å²) < 4.78 is 0. The van der Waals surface area contributed by atoms with Crippen LogP contribution in [0.1, 0.15) is 25.3 Å². The molecule has 14 heavy (non-hydrogen) atoms. The van der Waals surface area contributed by atoms with E-state index < -0.39 is 0 Å². The molecule has 0 amide bonds. The highest BCUT2D eigenvalue weighted by molar-refractivity contribution is 7.98. The number of benzene rings is 1. The van der Waals surface area contributed by atoms with Gasteiger partial charge >= 0.3 is 0 Å². The Morgan fingerprint density at radius 1 is 1.21 bits per heavy atom. The van der Waals surface area contributed by atoms with Gasteiger partial charge < -0.3 is 5.32 Å². The first kappa shape index (κ1) is 11.6. The second kappa shape index (κ2) is 7.89. The third kappa shape index (κ3) is 5.30. The van der Waals surface area contributed by atoms with Gasteiger partial charge in [0.15, 0.2) is 0 Å². The van der Waals surface area contributed by atoms with E-state index in [0.717, 1.165) is 18.2 Å². The van der Waals surface area contributed by atoms with Crippen LogP contribution in [0.25, 0.3) is 0 Å². The Morgan fingerprint density at radius 2 is 2.00 bits per heavy atom. The summed E-state index contributed by atoms with van der Waals surface area (Å²) >= 11 is 1.95. The normalized spacial score (nSPS) is 10.4. The first-order valence-corrected chi connectivity index (χ1v) is 6.41. The minimum Gasteiger partial charge on any atom is -0.308 e. The standard InChI is InChI=1S/C12H19NS/c1-2-3-9-13-11-14-10-12-7-5-4-6-8-12/h4-8,13H,2-3,9-11H2,1H3. The predicted octanol–water partition coefficient (Wildman–Crippen LogP) is 3.27. The molecule has 0 spiro atoms. The third-order valence-electron chi connectivity index (χ3n) is 2.02. The summed E-state index contributed by atoms with van der Waals surface area (Å²) in [7, 11) is 0. The maximum Gasteiger partial charge on any atom is 0.0421 e. The zero-order valence-electron chi connectivity index (χ0n) is 8.83. The van der Waals surface area contributed by atoms with Crippen LogP contribution in [0.5, 0.6) is 0 Å². The van der Waals surface area contributed by atoms with Gasteiger partial charge in [-0.3, -0.25) is 0 Å². The highest BCUT2D eigenvalue weighted by Crippen LogP contribution is 2.09. The van der Waals surface area contributed by atoms with E-state index in [1.165, 1.54) is 18.4 Å². The van der Waals surface area contributed by atoms with Crippen molar-refractivity contribution in [3.8, 4) is 0 Å². The van der Waals surface area contributed by atoms with Gasteiger partial charge in [-0.15, -0.1) is 11.8 Å². The Labute approximate surface area is 91.3 Å². The molecule has 1 N–H and O–H groups in total. The van der Waals surface area contributed by atoms with E-state index in [2.05, 4.69) is 42.6 Å². The van der Waals surface area contributed by atoms with Crippen molar-refractivity contribution in [3.05, 3.63) is 35.9 Å². The number of hydrogen-bond acceptors (Lipinski definition) is 2. The van der Waals surface area contributed by atoms with Crippen LogP contribution in [0, 0.1) is 0 Å². The van der Waals surface area contributed by atoms with Crippen molar-refractivity contribution >= 4 is 11.8 Å². The van der Waals surface area contributed by atoms with Crippen LogP contribution in [0.4, 0.5) is 0 Å². The summed E-state index contributed by atoms with van der Waals surface area (Å²) in [6, 6.07) is 10.6. The lowest BCUT2D eigenvalue weighted by Gasteiger charge is -2.03. The molecular formula is C12H19NS. The molecule has 0 aliphatic rings. The topological polar surface area (TPSA) is 12.0 Å². The van der Waals surface area contributed by atoms with E-state index in [-0.39, 0.29) is 0 Å². The molecule has 0 saturated carbocycles. The van der Waals surface area contributed by atoms with Gasteiger partial charge in [-0.05, 0) is 18.5 Å². The Balaban J connectivity index is 1.99. The molecule has 1 rings (SSSR count). The summed E-state index contributed by atoms with van der Waals surface area (Å²) in [6.45, 7) is 3.37. The molecule has 0 aliphatic heterocycles. The fraction of sp³-hybridized carbons (Fsp3) is 0.500. The van der Waals surface area contributed by atoms with Gasteiger partial charge in [-0.25, -0.2) is 0 Å². The van der Waals surface area contributed by atoms with Crippen molar-refractivity contribution in [2.75, 3.05) is 12.4 Å². The molecular weight excluding hydrogens is 190 g/mol. The number of thioether (sulfide) groups is 1. The molecule has 1 nitrogen and oxygen atoms in total. The zero-order valence-corrected chi connectivity index (χ0v) is 9.65. The average Bonchev–Trinajstić information content (AvgIpc) is 2.25. The smallest absolute Gasteiger partial charge is 0.0421 e. The highest BCUT2D eigenvalue weighted by atomic mass is 32.2. The summed E-state index contributed by atoms with van der Waals surface area (Å²) in [5, 5.41) is 3.42. The molecule has 0 bridgehead atoms. The van der Waals surface area contributed by atoms with E-state index in [0.29, 0.717) is 0 Å². The van der Waals surface area contributed by atoms with Crippen molar-refractivity contribution in [1.29, 1.82) is 0 Å². The van der Waals surface area contributed by atoms with Crippen molar-refractivity contribution < 1.29 is 0 Å². The second-order valence-corrected chi connectivity index (χ2v) is 4.32. The Morgan fingerprint density at radius 3 is 2.71 bits per heavy atom. The summed E-state index contributed by atoms with van der Waals surface area (Å²) in [5.41, 5.74) is 1.41. The quantitative estimate of drug-likeness (QED) is 0.546. The van der Waals surface area contributed by atoms with Crippen LogP contribution in [0.15, 0.2) is 30.3 Å². The minimum atomic E-state index is 1.06. The molecule has 0 heterocycles. The zero-order chi connectivity index (χ0) is 10.1.